The SMILES string of the molecule is CCN1NC(c2ccccc2O)CC1=O. The topological polar surface area (TPSA) is 52.6 Å². The van der Waals surface area contributed by atoms with Crippen LogP contribution in [-0.4, -0.2) is 22.6 Å². The lowest BCUT2D eigenvalue weighted by Crippen LogP contribution is -2.34. The summed E-state index contributed by atoms with van der Waals surface area (Å²) in [5.74, 6) is 0.312. The molecule has 0 aromatic heterocycles. The van der Waals surface area contributed by atoms with Gasteiger partial charge in [-0.2, -0.15) is 0 Å². The quantitative estimate of drug-likeness (QED) is 0.764. The Balaban J connectivity index is 2.21. The summed E-state index contributed by atoms with van der Waals surface area (Å²) in [6.07, 6.45) is 0.408. The van der Waals surface area contributed by atoms with E-state index in [4.69, 9.17) is 0 Å². The monoisotopic (exact) mass is 206 g/mol. The number of para-hydroxylation sites is 1. The molecule has 1 amide bonds. The van der Waals surface area contributed by atoms with Gasteiger partial charge in [-0.25, -0.2) is 5.43 Å². The van der Waals surface area contributed by atoms with Crippen LogP contribution < -0.4 is 5.43 Å². The number of aromatic hydroxyl groups is 1. The highest BCUT2D eigenvalue weighted by Gasteiger charge is 2.30. The van der Waals surface area contributed by atoms with E-state index in [0.29, 0.717) is 13.0 Å². The van der Waals surface area contributed by atoms with Gasteiger partial charge in [-0.15, -0.1) is 0 Å². The first-order valence-electron chi connectivity index (χ1n) is 5.06. The molecule has 0 aliphatic carbocycles. The summed E-state index contributed by atoms with van der Waals surface area (Å²) in [6, 6.07) is 7.00. The molecule has 1 aromatic rings. The molecule has 1 unspecified atom stereocenters. The highest BCUT2D eigenvalue weighted by molar-refractivity contribution is 5.78. The fourth-order valence-electron chi connectivity index (χ4n) is 1.82. The van der Waals surface area contributed by atoms with Gasteiger partial charge in [0.2, 0.25) is 5.91 Å². The molecule has 1 heterocycles. The molecule has 1 fully saturated rings. The van der Waals surface area contributed by atoms with Crippen LogP contribution in [0, 0.1) is 0 Å². The third kappa shape index (κ3) is 1.80. The minimum atomic E-state index is -0.0985. The number of rotatable bonds is 2. The average Bonchev–Trinajstić information content (AvgIpc) is 2.60. The Hall–Kier alpha value is -1.55. The van der Waals surface area contributed by atoms with Gasteiger partial charge in [0.25, 0.3) is 0 Å². The predicted molar refractivity (Wildman–Crippen MR) is 56.0 cm³/mol. The van der Waals surface area contributed by atoms with Crippen molar-refractivity contribution in [3.8, 4) is 5.75 Å². The molecule has 1 saturated heterocycles. The second kappa shape index (κ2) is 3.90. The molecule has 15 heavy (non-hydrogen) atoms. The fraction of sp³-hybridized carbons (Fsp3) is 0.364. The lowest BCUT2D eigenvalue weighted by atomic mass is 10.0. The Labute approximate surface area is 88.5 Å². The lowest BCUT2D eigenvalue weighted by Gasteiger charge is -2.16. The van der Waals surface area contributed by atoms with Crippen LogP contribution in [0.5, 0.6) is 5.75 Å². The molecule has 0 saturated carbocycles. The maximum Gasteiger partial charge on any atom is 0.238 e. The van der Waals surface area contributed by atoms with Gasteiger partial charge in [-0.1, -0.05) is 18.2 Å². The summed E-state index contributed by atoms with van der Waals surface area (Å²) >= 11 is 0. The number of amides is 1. The van der Waals surface area contributed by atoms with Crippen LogP contribution in [0.25, 0.3) is 0 Å². The second-order valence-electron chi connectivity index (χ2n) is 3.58. The zero-order chi connectivity index (χ0) is 10.8. The van der Waals surface area contributed by atoms with Gasteiger partial charge in [0.15, 0.2) is 0 Å². The standard InChI is InChI=1S/C11H14N2O2/c1-2-13-11(15)7-9(12-13)8-5-3-4-6-10(8)14/h3-6,9,12,14H,2,7H2,1H3. The van der Waals surface area contributed by atoms with Crippen molar-refractivity contribution in [3.05, 3.63) is 29.8 Å². The number of phenols is 1. The molecular weight excluding hydrogens is 192 g/mol. The number of carbonyl (C=O) groups excluding carboxylic acids is 1. The number of hydrogen-bond donors (Lipinski definition) is 2. The van der Waals surface area contributed by atoms with Crippen LogP contribution in [0.15, 0.2) is 24.3 Å². The molecule has 2 N–H and O–H groups in total. The molecule has 1 aliphatic heterocycles. The van der Waals surface area contributed by atoms with E-state index in [2.05, 4.69) is 5.43 Å². The number of hydrogen-bond acceptors (Lipinski definition) is 3. The summed E-state index contributed by atoms with van der Waals surface area (Å²) in [7, 11) is 0. The first kappa shape index (κ1) is 9.98. The second-order valence-corrected chi connectivity index (χ2v) is 3.58. The highest BCUT2D eigenvalue weighted by Crippen LogP contribution is 2.29. The fourth-order valence-corrected chi connectivity index (χ4v) is 1.82. The Morgan fingerprint density at radius 1 is 1.53 bits per heavy atom. The number of carbonyl (C=O) groups is 1. The minimum Gasteiger partial charge on any atom is -0.508 e. The molecule has 4 heteroatoms. The molecule has 1 aliphatic rings. The van der Waals surface area contributed by atoms with Crippen LogP contribution in [0.2, 0.25) is 0 Å². The Kier molecular flexibility index (Phi) is 2.60. The van der Waals surface area contributed by atoms with Crippen molar-refractivity contribution in [2.24, 2.45) is 0 Å². The smallest absolute Gasteiger partial charge is 0.238 e. The van der Waals surface area contributed by atoms with Crippen molar-refractivity contribution >= 4 is 5.91 Å². The van der Waals surface area contributed by atoms with E-state index >= 15 is 0 Å². The van der Waals surface area contributed by atoms with Crippen molar-refractivity contribution in [1.29, 1.82) is 0 Å². The van der Waals surface area contributed by atoms with Gasteiger partial charge in [0.1, 0.15) is 5.75 Å². The van der Waals surface area contributed by atoms with Gasteiger partial charge in [-0.05, 0) is 13.0 Å². The molecule has 4 nitrogen and oxygen atoms in total. The summed E-state index contributed by atoms with van der Waals surface area (Å²) in [5, 5.41) is 11.2. The molecule has 0 spiro atoms. The number of nitrogens with one attached hydrogen (secondary N) is 1. The van der Waals surface area contributed by atoms with E-state index in [1.807, 2.05) is 19.1 Å². The highest BCUT2D eigenvalue weighted by atomic mass is 16.3. The summed E-state index contributed by atoms with van der Waals surface area (Å²) in [6.45, 7) is 2.56. The summed E-state index contributed by atoms with van der Waals surface area (Å²) in [4.78, 5) is 11.5. The summed E-state index contributed by atoms with van der Waals surface area (Å²) in [5.41, 5.74) is 3.85. The van der Waals surface area contributed by atoms with Gasteiger partial charge in [-0.3, -0.25) is 9.80 Å². The molecule has 0 bridgehead atoms. The molecule has 1 aromatic carbocycles. The van der Waals surface area contributed by atoms with Crippen LogP contribution in [0.3, 0.4) is 0 Å². The first-order chi connectivity index (χ1) is 7.22. The van der Waals surface area contributed by atoms with Crippen LogP contribution >= 0.6 is 0 Å². The van der Waals surface area contributed by atoms with E-state index in [1.54, 1.807) is 17.1 Å². The average molecular weight is 206 g/mol. The molecular formula is C11H14N2O2. The van der Waals surface area contributed by atoms with Crippen molar-refractivity contribution in [3.63, 3.8) is 0 Å². The zero-order valence-corrected chi connectivity index (χ0v) is 8.60. The van der Waals surface area contributed by atoms with Crippen molar-refractivity contribution in [2.45, 2.75) is 19.4 Å². The molecule has 2 rings (SSSR count). The largest absolute Gasteiger partial charge is 0.508 e. The molecule has 80 valence electrons. The van der Waals surface area contributed by atoms with Crippen LogP contribution in [-0.2, 0) is 4.79 Å². The minimum absolute atomic E-state index is 0.0748. The van der Waals surface area contributed by atoms with Crippen molar-refractivity contribution in [2.75, 3.05) is 6.54 Å². The van der Waals surface area contributed by atoms with Crippen molar-refractivity contribution in [1.82, 2.24) is 10.4 Å². The van der Waals surface area contributed by atoms with E-state index < -0.39 is 0 Å². The number of benzene rings is 1. The maximum absolute atomic E-state index is 11.5. The predicted octanol–water partition coefficient (Wildman–Crippen LogP) is 1.19. The third-order valence-corrected chi connectivity index (χ3v) is 2.62. The Bertz CT molecular complexity index is 379. The molecule has 0 radical (unpaired) electrons. The summed E-state index contributed by atoms with van der Waals surface area (Å²) < 4.78 is 0. The number of hydrazine groups is 1. The van der Waals surface area contributed by atoms with Crippen LogP contribution in [0.4, 0.5) is 0 Å². The van der Waals surface area contributed by atoms with E-state index in [0.717, 1.165) is 5.56 Å². The zero-order valence-electron chi connectivity index (χ0n) is 8.60. The van der Waals surface area contributed by atoms with Gasteiger partial charge in [0, 0.05) is 18.5 Å². The Morgan fingerprint density at radius 3 is 2.87 bits per heavy atom. The van der Waals surface area contributed by atoms with Gasteiger partial charge >= 0.3 is 0 Å². The van der Waals surface area contributed by atoms with E-state index in [9.17, 15) is 9.90 Å². The Morgan fingerprint density at radius 2 is 2.27 bits per heavy atom. The van der Waals surface area contributed by atoms with Crippen molar-refractivity contribution < 1.29 is 9.90 Å². The maximum atomic E-state index is 11.5. The van der Waals surface area contributed by atoms with E-state index in [1.165, 1.54) is 0 Å². The van der Waals surface area contributed by atoms with Gasteiger partial charge in [0.05, 0.1) is 6.04 Å². The number of phenolic OH excluding ortho intramolecular Hbond substituents is 1. The first-order valence-corrected chi connectivity index (χ1v) is 5.06. The lowest BCUT2D eigenvalue weighted by molar-refractivity contribution is -0.129. The number of nitrogens with zero attached hydrogens (tertiary/aromatic N) is 1. The van der Waals surface area contributed by atoms with Crippen LogP contribution in [0.1, 0.15) is 24.9 Å². The molecule has 1 atom stereocenters. The third-order valence-electron chi connectivity index (χ3n) is 2.62. The van der Waals surface area contributed by atoms with E-state index in [-0.39, 0.29) is 17.7 Å². The normalized spacial score (nSPS) is 21.0. The van der Waals surface area contributed by atoms with Gasteiger partial charge < -0.3 is 5.11 Å².